The van der Waals surface area contributed by atoms with E-state index in [1.807, 2.05) is 0 Å². The number of nitrogens with zero attached hydrogens (tertiary/aromatic N) is 2. The summed E-state index contributed by atoms with van der Waals surface area (Å²) in [6, 6.07) is 0. The third-order valence-electron chi connectivity index (χ3n) is 3.45. The molecule has 0 atom stereocenters. The molecule has 7 heteroatoms. The fourth-order valence-electron chi connectivity index (χ4n) is 2.46. The highest BCUT2D eigenvalue weighted by Crippen LogP contribution is 2.25. The summed E-state index contributed by atoms with van der Waals surface area (Å²) in [5, 5.41) is 2.68. The average Bonchev–Trinajstić information content (AvgIpc) is 2.36. The van der Waals surface area contributed by atoms with Gasteiger partial charge in [-0.15, -0.1) is 4.91 Å². The van der Waals surface area contributed by atoms with Gasteiger partial charge in [-0.2, -0.15) is 0 Å². The number of nitrogens with one attached hydrogen (secondary N) is 1. The second-order valence-corrected chi connectivity index (χ2v) is 5.09. The molecule has 0 aromatic carbocycles. The summed E-state index contributed by atoms with van der Waals surface area (Å²) in [7, 11) is 0. The van der Waals surface area contributed by atoms with Gasteiger partial charge in [-0.25, -0.2) is 0 Å². The Labute approximate surface area is 109 Å². The highest BCUT2D eigenvalue weighted by Gasteiger charge is 2.17. The monoisotopic (exact) mass is 268 g/mol. The van der Waals surface area contributed by atoms with Gasteiger partial charge in [0.05, 0.1) is 0 Å². The Bertz CT molecular complexity index is 557. The molecule has 98 valence electrons. The molecule has 18 heavy (non-hydrogen) atoms. The zero-order valence-electron chi connectivity index (χ0n) is 10.0. The number of H-pyrrole nitrogens is 1. The lowest BCUT2D eigenvalue weighted by Gasteiger charge is -2.22. The predicted molar refractivity (Wildman–Crippen MR) is 72.3 cm³/mol. The average molecular weight is 268 g/mol. The first kappa shape index (κ1) is 12.9. The Morgan fingerprint density at radius 1 is 1.39 bits per heavy atom. The lowest BCUT2D eigenvalue weighted by atomic mass is 9.89. The molecule has 0 bridgehead atoms. The molecule has 0 aliphatic heterocycles. The summed E-state index contributed by atoms with van der Waals surface area (Å²) >= 11 is 5.09. The summed E-state index contributed by atoms with van der Waals surface area (Å²) in [6.07, 6.45) is 5.80. The summed E-state index contributed by atoms with van der Waals surface area (Å²) < 4.78 is 1.66. The maximum Gasteiger partial charge on any atom is 0.286 e. The van der Waals surface area contributed by atoms with Crippen LogP contribution >= 0.6 is 12.2 Å². The van der Waals surface area contributed by atoms with Gasteiger partial charge in [-0.05, 0) is 36.2 Å². The van der Waals surface area contributed by atoms with Gasteiger partial charge in [0, 0.05) is 6.54 Å². The second-order valence-electron chi connectivity index (χ2n) is 4.70. The van der Waals surface area contributed by atoms with Crippen molar-refractivity contribution in [3.8, 4) is 0 Å². The van der Waals surface area contributed by atoms with Gasteiger partial charge in [0.2, 0.25) is 5.69 Å². The van der Waals surface area contributed by atoms with Crippen LogP contribution in [0.15, 0.2) is 9.97 Å². The molecule has 1 aliphatic carbocycles. The summed E-state index contributed by atoms with van der Waals surface area (Å²) in [4.78, 5) is 25.3. The molecular formula is C11H16N4O2S. The molecule has 3 N–H and O–H groups in total. The molecule has 1 aromatic rings. The molecular weight excluding hydrogens is 252 g/mol. The Hall–Kier alpha value is -1.50. The minimum atomic E-state index is -0.489. The van der Waals surface area contributed by atoms with Crippen molar-refractivity contribution in [3.05, 3.63) is 20.0 Å². The minimum Gasteiger partial charge on any atom is -0.383 e. The summed E-state index contributed by atoms with van der Waals surface area (Å²) in [5.41, 5.74) is 4.74. The van der Waals surface area contributed by atoms with E-state index in [1.165, 1.54) is 23.8 Å². The Morgan fingerprint density at radius 3 is 2.67 bits per heavy atom. The van der Waals surface area contributed by atoms with Crippen LogP contribution in [0.4, 0.5) is 11.5 Å². The Kier molecular flexibility index (Phi) is 3.90. The van der Waals surface area contributed by atoms with Crippen molar-refractivity contribution in [2.45, 2.75) is 38.6 Å². The van der Waals surface area contributed by atoms with Crippen LogP contribution in [0.5, 0.6) is 0 Å². The maximum atomic E-state index is 12.0. The van der Waals surface area contributed by atoms with Crippen molar-refractivity contribution in [2.75, 3.05) is 5.73 Å². The number of anilines is 1. The van der Waals surface area contributed by atoms with Gasteiger partial charge in [0.15, 0.2) is 4.77 Å². The first-order chi connectivity index (χ1) is 8.63. The molecule has 1 heterocycles. The molecule has 1 fully saturated rings. The fraction of sp³-hybridized carbons (Fsp3) is 0.636. The molecule has 1 aliphatic rings. The zero-order chi connectivity index (χ0) is 13.1. The standard InChI is InChI=1S/C11H16N4O2S/c12-9-8(14-17)10(16)15(11(18)13-9)6-7-4-2-1-3-5-7/h7H,1-6,12H2,(H,13,18). The Balaban J connectivity index is 2.35. The van der Waals surface area contributed by atoms with Gasteiger partial charge in [-0.3, -0.25) is 9.36 Å². The third-order valence-corrected chi connectivity index (χ3v) is 3.77. The number of aromatic amines is 1. The van der Waals surface area contributed by atoms with Crippen LogP contribution < -0.4 is 11.3 Å². The van der Waals surface area contributed by atoms with E-state index in [-0.39, 0.29) is 16.3 Å². The molecule has 1 saturated carbocycles. The number of nitroso groups, excluding NO2 is 1. The van der Waals surface area contributed by atoms with Crippen molar-refractivity contribution >= 4 is 23.7 Å². The highest BCUT2D eigenvalue weighted by atomic mass is 32.1. The van der Waals surface area contributed by atoms with Gasteiger partial charge >= 0.3 is 0 Å². The smallest absolute Gasteiger partial charge is 0.286 e. The molecule has 0 saturated heterocycles. The highest BCUT2D eigenvalue weighted by molar-refractivity contribution is 7.71. The molecule has 1 aromatic heterocycles. The van der Waals surface area contributed by atoms with E-state index in [9.17, 15) is 9.70 Å². The number of nitrogens with two attached hydrogens (primary N) is 1. The summed E-state index contributed by atoms with van der Waals surface area (Å²) in [6.45, 7) is 0.539. The van der Waals surface area contributed by atoms with E-state index in [0.717, 1.165) is 12.8 Å². The number of rotatable bonds is 3. The normalized spacial score (nSPS) is 16.7. The minimum absolute atomic E-state index is 0.0557. The number of aromatic nitrogens is 2. The SMILES string of the molecule is Nc1[nH]c(=S)n(CC2CCCCC2)c(=O)c1N=O. The molecule has 0 radical (unpaired) electrons. The van der Waals surface area contributed by atoms with Crippen molar-refractivity contribution in [2.24, 2.45) is 11.1 Å². The topological polar surface area (TPSA) is 93.2 Å². The third kappa shape index (κ3) is 2.50. The predicted octanol–water partition coefficient (Wildman–Crippen LogP) is 2.47. The molecule has 6 nitrogen and oxygen atoms in total. The largest absolute Gasteiger partial charge is 0.383 e. The summed E-state index contributed by atoms with van der Waals surface area (Å²) in [5.74, 6) is 0.384. The number of hydrogen-bond donors (Lipinski definition) is 2. The zero-order valence-corrected chi connectivity index (χ0v) is 10.8. The lowest BCUT2D eigenvalue weighted by Crippen LogP contribution is -2.27. The quantitative estimate of drug-likeness (QED) is 0.650. The van der Waals surface area contributed by atoms with Crippen LogP contribution in [-0.2, 0) is 6.54 Å². The maximum absolute atomic E-state index is 12.0. The van der Waals surface area contributed by atoms with E-state index < -0.39 is 5.56 Å². The number of hydrogen-bond acceptors (Lipinski definition) is 5. The molecule has 0 spiro atoms. The van der Waals surface area contributed by atoms with E-state index >= 15 is 0 Å². The van der Waals surface area contributed by atoms with Crippen molar-refractivity contribution in [1.29, 1.82) is 0 Å². The van der Waals surface area contributed by atoms with E-state index in [0.29, 0.717) is 12.5 Å². The van der Waals surface area contributed by atoms with Crippen LogP contribution in [0.1, 0.15) is 32.1 Å². The number of nitrogen functional groups attached to an aromatic ring is 1. The Morgan fingerprint density at radius 2 is 2.06 bits per heavy atom. The lowest BCUT2D eigenvalue weighted by molar-refractivity contribution is 0.314. The van der Waals surface area contributed by atoms with Crippen LogP contribution in [0.2, 0.25) is 0 Å². The second kappa shape index (κ2) is 5.43. The van der Waals surface area contributed by atoms with E-state index in [2.05, 4.69) is 10.2 Å². The first-order valence-corrected chi connectivity index (χ1v) is 6.50. The van der Waals surface area contributed by atoms with Crippen molar-refractivity contribution in [3.63, 3.8) is 0 Å². The van der Waals surface area contributed by atoms with Crippen LogP contribution in [0.25, 0.3) is 0 Å². The molecule has 0 amide bonds. The first-order valence-electron chi connectivity index (χ1n) is 6.09. The molecule has 0 unspecified atom stereocenters. The van der Waals surface area contributed by atoms with Crippen molar-refractivity contribution in [1.82, 2.24) is 9.55 Å². The van der Waals surface area contributed by atoms with Gasteiger partial charge < -0.3 is 10.7 Å². The van der Waals surface area contributed by atoms with Gasteiger partial charge in [-0.1, -0.05) is 19.3 Å². The van der Waals surface area contributed by atoms with Crippen LogP contribution in [0.3, 0.4) is 0 Å². The van der Waals surface area contributed by atoms with E-state index in [4.69, 9.17) is 18.0 Å². The van der Waals surface area contributed by atoms with E-state index in [1.54, 1.807) is 0 Å². The van der Waals surface area contributed by atoms with Crippen LogP contribution in [0, 0.1) is 15.6 Å². The fourth-order valence-corrected chi connectivity index (χ4v) is 2.73. The van der Waals surface area contributed by atoms with Crippen LogP contribution in [-0.4, -0.2) is 9.55 Å². The van der Waals surface area contributed by atoms with Gasteiger partial charge in [0.25, 0.3) is 5.56 Å². The molecule has 2 rings (SSSR count). The van der Waals surface area contributed by atoms with Gasteiger partial charge in [0.1, 0.15) is 5.82 Å². The van der Waals surface area contributed by atoms with Crippen molar-refractivity contribution < 1.29 is 0 Å².